The van der Waals surface area contributed by atoms with Gasteiger partial charge in [0.15, 0.2) is 0 Å². The second-order valence-electron chi connectivity index (χ2n) is 5.66. The van der Waals surface area contributed by atoms with Gasteiger partial charge in [-0.1, -0.05) is 76.6 Å². The lowest BCUT2D eigenvalue weighted by molar-refractivity contribution is 0.929. The van der Waals surface area contributed by atoms with Crippen LogP contribution in [0.2, 0.25) is 0 Å². The van der Waals surface area contributed by atoms with Gasteiger partial charge in [0.25, 0.3) is 0 Å². The van der Waals surface area contributed by atoms with Crippen molar-refractivity contribution < 1.29 is 0 Å². The lowest BCUT2D eigenvalue weighted by atomic mass is 9.95. The summed E-state index contributed by atoms with van der Waals surface area (Å²) >= 11 is 3.89. The van der Waals surface area contributed by atoms with Crippen molar-refractivity contribution in [3.05, 3.63) is 82.9 Å². The average Bonchev–Trinajstić information content (AvgIpc) is 2.47. The van der Waals surface area contributed by atoms with E-state index in [1.54, 1.807) is 0 Å². The van der Waals surface area contributed by atoms with Crippen molar-refractivity contribution in [2.75, 3.05) is 0 Å². The van der Waals surface area contributed by atoms with E-state index in [-0.39, 0.29) is 0 Å². The molecule has 3 aromatic carbocycles. The Balaban J connectivity index is 1.91. The Hall–Kier alpha value is -1.60. The summed E-state index contributed by atoms with van der Waals surface area (Å²) in [6, 6.07) is 21.8. The highest BCUT2D eigenvalue weighted by Gasteiger charge is 2.13. The Morgan fingerprint density at radius 1 is 0.810 bits per heavy atom. The Morgan fingerprint density at radius 2 is 1.48 bits per heavy atom. The molecule has 0 aromatic heterocycles. The van der Waals surface area contributed by atoms with E-state index >= 15 is 0 Å². The monoisotopic (exact) mass is 338 g/mol. The third-order valence-electron chi connectivity index (χ3n) is 4.08. The summed E-state index contributed by atoms with van der Waals surface area (Å²) in [7, 11) is 0. The molecule has 1 unspecified atom stereocenters. The van der Waals surface area contributed by atoms with Gasteiger partial charge in [0, 0.05) is 4.83 Å². The second kappa shape index (κ2) is 6.03. The molecule has 0 fully saturated rings. The summed E-state index contributed by atoms with van der Waals surface area (Å²) in [5, 5.41) is 2.62. The predicted octanol–water partition coefficient (Wildman–Crippen LogP) is 6.14. The van der Waals surface area contributed by atoms with Crippen molar-refractivity contribution in [1.82, 2.24) is 0 Å². The molecule has 0 nitrogen and oxygen atoms in total. The number of hydrogen-bond donors (Lipinski definition) is 0. The van der Waals surface area contributed by atoms with Crippen LogP contribution in [0.15, 0.2) is 60.7 Å². The maximum atomic E-state index is 3.89. The van der Waals surface area contributed by atoms with Crippen molar-refractivity contribution in [1.29, 1.82) is 0 Å². The summed E-state index contributed by atoms with van der Waals surface area (Å²) in [5.74, 6) is 0. The molecule has 0 saturated heterocycles. The zero-order chi connectivity index (χ0) is 14.8. The molecule has 3 rings (SSSR count). The molecule has 0 aliphatic carbocycles. The van der Waals surface area contributed by atoms with Crippen molar-refractivity contribution in [2.24, 2.45) is 0 Å². The van der Waals surface area contributed by atoms with Crippen LogP contribution >= 0.6 is 15.9 Å². The van der Waals surface area contributed by atoms with Crippen LogP contribution in [0.1, 0.15) is 27.1 Å². The molecule has 0 N–H and O–H groups in total. The first kappa shape index (κ1) is 14.3. The van der Waals surface area contributed by atoms with Gasteiger partial charge in [0.1, 0.15) is 0 Å². The third-order valence-corrected chi connectivity index (χ3v) is 4.87. The Labute approximate surface area is 134 Å². The van der Waals surface area contributed by atoms with Gasteiger partial charge in [-0.25, -0.2) is 0 Å². The van der Waals surface area contributed by atoms with E-state index in [2.05, 4.69) is 90.4 Å². The van der Waals surface area contributed by atoms with Crippen molar-refractivity contribution in [2.45, 2.75) is 25.1 Å². The number of aryl methyl sites for hydroxylation is 2. The molecule has 1 heteroatoms. The predicted molar refractivity (Wildman–Crippen MR) is 95.2 cm³/mol. The highest BCUT2D eigenvalue weighted by Crippen LogP contribution is 2.32. The molecule has 0 saturated carbocycles. The molecule has 0 radical (unpaired) electrons. The second-order valence-corrected chi connectivity index (χ2v) is 6.76. The lowest BCUT2D eigenvalue weighted by Crippen LogP contribution is -2.00. The van der Waals surface area contributed by atoms with Gasteiger partial charge in [0.2, 0.25) is 0 Å². The normalized spacial score (nSPS) is 12.5. The minimum absolute atomic E-state index is 0.361. The highest BCUT2D eigenvalue weighted by molar-refractivity contribution is 9.09. The number of hydrogen-bond acceptors (Lipinski definition) is 0. The maximum absolute atomic E-state index is 3.89. The van der Waals surface area contributed by atoms with Gasteiger partial charge in [-0.05, 0) is 53.3 Å². The molecule has 0 aliphatic rings. The van der Waals surface area contributed by atoms with Crippen LogP contribution in [0.25, 0.3) is 10.8 Å². The Kier molecular flexibility index (Phi) is 4.12. The third kappa shape index (κ3) is 3.03. The molecular formula is C20H19Br. The first-order valence-electron chi connectivity index (χ1n) is 7.33. The van der Waals surface area contributed by atoms with E-state index in [0.717, 1.165) is 6.42 Å². The number of benzene rings is 3. The van der Waals surface area contributed by atoms with E-state index < -0.39 is 0 Å². The Bertz CT molecular complexity index is 753. The molecule has 0 aliphatic heterocycles. The SMILES string of the molecule is Cc1cccc(C)c1C(Br)Cc1ccc2ccccc2c1. The van der Waals surface area contributed by atoms with Gasteiger partial charge in [-0.3, -0.25) is 0 Å². The summed E-state index contributed by atoms with van der Waals surface area (Å²) in [6.45, 7) is 4.38. The van der Waals surface area contributed by atoms with E-state index in [1.165, 1.54) is 33.0 Å². The molecule has 106 valence electrons. The van der Waals surface area contributed by atoms with Crippen LogP contribution in [0.5, 0.6) is 0 Å². The minimum atomic E-state index is 0.361. The molecule has 0 bridgehead atoms. The standard InChI is InChI=1S/C20H19Br/c1-14-6-5-7-15(2)20(14)19(21)13-16-10-11-17-8-3-4-9-18(17)12-16/h3-12,19H,13H2,1-2H3. The first-order chi connectivity index (χ1) is 10.1. The number of rotatable bonds is 3. The quantitative estimate of drug-likeness (QED) is 0.503. The topological polar surface area (TPSA) is 0 Å². The first-order valence-corrected chi connectivity index (χ1v) is 8.24. The molecule has 21 heavy (non-hydrogen) atoms. The average molecular weight is 339 g/mol. The van der Waals surface area contributed by atoms with Gasteiger partial charge in [-0.2, -0.15) is 0 Å². The summed E-state index contributed by atoms with van der Waals surface area (Å²) in [5.41, 5.74) is 5.51. The number of fused-ring (bicyclic) bond motifs is 1. The minimum Gasteiger partial charge on any atom is -0.0835 e. The fourth-order valence-electron chi connectivity index (χ4n) is 3.00. The van der Waals surface area contributed by atoms with Crippen LogP contribution < -0.4 is 0 Å². The van der Waals surface area contributed by atoms with Gasteiger partial charge in [-0.15, -0.1) is 0 Å². The largest absolute Gasteiger partial charge is 0.0835 e. The van der Waals surface area contributed by atoms with Crippen molar-refractivity contribution in [3.8, 4) is 0 Å². The maximum Gasteiger partial charge on any atom is 0.0440 e. The van der Waals surface area contributed by atoms with Crippen LogP contribution in [-0.2, 0) is 6.42 Å². The summed E-state index contributed by atoms with van der Waals surface area (Å²) < 4.78 is 0. The van der Waals surface area contributed by atoms with Gasteiger partial charge in [0.05, 0.1) is 0 Å². The van der Waals surface area contributed by atoms with Crippen molar-refractivity contribution >= 4 is 26.7 Å². The molecule has 0 heterocycles. The molecule has 1 atom stereocenters. The highest BCUT2D eigenvalue weighted by atomic mass is 79.9. The van der Waals surface area contributed by atoms with E-state index in [9.17, 15) is 0 Å². The lowest BCUT2D eigenvalue weighted by Gasteiger charge is -2.16. The van der Waals surface area contributed by atoms with E-state index in [1.807, 2.05) is 0 Å². The zero-order valence-electron chi connectivity index (χ0n) is 12.4. The van der Waals surface area contributed by atoms with Gasteiger partial charge < -0.3 is 0 Å². The fraction of sp³-hybridized carbons (Fsp3) is 0.200. The molecular weight excluding hydrogens is 320 g/mol. The van der Waals surface area contributed by atoms with Crippen LogP contribution in [0.3, 0.4) is 0 Å². The zero-order valence-corrected chi connectivity index (χ0v) is 14.0. The van der Waals surface area contributed by atoms with Gasteiger partial charge >= 0.3 is 0 Å². The molecule has 0 amide bonds. The Morgan fingerprint density at radius 3 is 2.19 bits per heavy atom. The fourth-order valence-corrected chi connectivity index (χ4v) is 4.09. The number of halogens is 1. The van der Waals surface area contributed by atoms with Crippen LogP contribution in [0, 0.1) is 13.8 Å². The van der Waals surface area contributed by atoms with E-state index in [4.69, 9.17) is 0 Å². The van der Waals surface area contributed by atoms with Crippen molar-refractivity contribution in [3.63, 3.8) is 0 Å². The summed E-state index contributed by atoms with van der Waals surface area (Å²) in [6.07, 6.45) is 1.01. The summed E-state index contributed by atoms with van der Waals surface area (Å²) in [4.78, 5) is 0.361. The number of alkyl halides is 1. The molecule has 3 aromatic rings. The van der Waals surface area contributed by atoms with Crippen LogP contribution in [-0.4, -0.2) is 0 Å². The smallest absolute Gasteiger partial charge is 0.0440 e. The molecule has 0 spiro atoms. The van der Waals surface area contributed by atoms with Crippen LogP contribution in [0.4, 0.5) is 0 Å². The van der Waals surface area contributed by atoms with E-state index in [0.29, 0.717) is 4.83 Å².